The summed E-state index contributed by atoms with van der Waals surface area (Å²) in [4.78, 5) is 10.4. The summed E-state index contributed by atoms with van der Waals surface area (Å²) in [7, 11) is 0. The smallest absolute Gasteiger partial charge is 0.164 e. The average molecular weight is 266 g/mol. The van der Waals surface area contributed by atoms with E-state index in [1.165, 1.54) is 25.3 Å². The average Bonchev–Trinajstić information content (AvgIpc) is 2.66. The lowest BCUT2D eigenvalue weighted by molar-refractivity contribution is -0.142. The molecule has 1 aliphatic rings. The van der Waals surface area contributed by atoms with Gasteiger partial charge < -0.3 is 9.47 Å². The molecule has 1 aliphatic heterocycles. The first-order valence-corrected chi connectivity index (χ1v) is 7.21. The quantitative estimate of drug-likeness (QED) is 0.290. The van der Waals surface area contributed by atoms with E-state index < -0.39 is 5.79 Å². The molecule has 0 aromatic heterocycles. The second kappa shape index (κ2) is 8.28. The van der Waals surface area contributed by atoms with Crippen molar-refractivity contribution in [2.45, 2.75) is 70.9 Å². The molecule has 0 spiro atoms. The maximum atomic E-state index is 10.4. The zero-order valence-corrected chi connectivity index (χ0v) is 12.3. The molecule has 0 aromatic rings. The maximum absolute atomic E-state index is 10.4. The first-order chi connectivity index (χ1) is 9.09. The van der Waals surface area contributed by atoms with Gasteiger partial charge in [-0.2, -0.15) is 0 Å². The number of aldehydes is 1. The molecular formula is C16H26O3. The lowest BCUT2D eigenvalue weighted by Gasteiger charge is -2.16. The Morgan fingerprint density at radius 1 is 1.16 bits per heavy atom. The predicted octanol–water partition coefficient (Wildman–Crippen LogP) is 3.79. The summed E-state index contributed by atoms with van der Waals surface area (Å²) in [6.07, 6.45) is 14.0. The predicted molar refractivity (Wildman–Crippen MR) is 76.9 cm³/mol. The summed E-state index contributed by atoms with van der Waals surface area (Å²) < 4.78 is 11.6. The lowest BCUT2D eigenvalue weighted by Crippen LogP contribution is -2.21. The van der Waals surface area contributed by atoms with Crippen LogP contribution in [0.1, 0.15) is 52.9 Å². The number of unbranched alkanes of at least 4 members (excludes halogenated alkanes) is 3. The van der Waals surface area contributed by atoms with E-state index in [1.807, 2.05) is 13.8 Å². The summed E-state index contributed by atoms with van der Waals surface area (Å²) >= 11 is 0. The van der Waals surface area contributed by atoms with Crippen LogP contribution in [0, 0.1) is 0 Å². The van der Waals surface area contributed by atoms with Gasteiger partial charge >= 0.3 is 0 Å². The molecule has 108 valence electrons. The van der Waals surface area contributed by atoms with Crippen LogP contribution in [0.2, 0.25) is 0 Å². The number of carbonyl (C=O) groups is 1. The molecule has 0 aromatic carbocycles. The number of ether oxygens (including phenoxy) is 2. The third-order valence-electron chi connectivity index (χ3n) is 3.11. The summed E-state index contributed by atoms with van der Waals surface area (Å²) in [6.45, 7) is 6.01. The number of hydrogen-bond acceptors (Lipinski definition) is 3. The normalized spacial score (nSPS) is 26.5. The van der Waals surface area contributed by atoms with Crippen molar-refractivity contribution in [3.63, 3.8) is 0 Å². The summed E-state index contributed by atoms with van der Waals surface area (Å²) in [5, 5.41) is 0. The minimum atomic E-state index is -0.571. The highest BCUT2D eigenvalue weighted by atomic mass is 16.7. The number of hydrogen-bond donors (Lipinski definition) is 0. The van der Waals surface area contributed by atoms with Crippen LogP contribution >= 0.6 is 0 Å². The Morgan fingerprint density at radius 2 is 1.95 bits per heavy atom. The van der Waals surface area contributed by atoms with Crippen LogP contribution in [0.3, 0.4) is 0 Å². The third-order valence-corrected chi connectivity index (χ3v) is 3.11. The van der Waals surface area contributed by atoms with Crippen LogP contribution < -0.4 is 0 Å². The van der Waals surface area contributed by atoms with Crippen molar-refractivity contribution in [1.29, 1.82) is 0 Å². The van der Waals surface area contributed by atoms with Crippen LogP contribution in [0.15, 0.2) is 24.3 Å². The highest BCUT2D eigenvalue weighted by Gasteiger charge is 2.38. The van der Waals surface area contributed by atoms with E-state index >= 15 is 0 Å². The first-order valence-electron chi connectivity index (χ1n) is 7.21. The molecule has 1 rings (SSSR count). The fraction of sp³-hybridized carbons (Fsp3) is 0.688. The van der Waals surface area contributed by atoms with E-state index in [1.54, 1.807) is 6.08 Å². The summed E-state index contributed by atoms with van der Waals surface area (Å²) in [5.41, 5.74) is 0. The Kier molecular flexibility index (Phi) is 7.03. The van der Waals surface area contributed by atoms with Gasteiger partial charge in [-0.3, -0.25) is 4.79 Å². The molecule has 0 N–H and O–H groups in total. The van der Waals surface area contributed by atoms with Crippen LogP contribution in [0.25, 0.3) is 0 Å². The highest BCUT2D eigenvalue weighted by molar-refractivity contribution is 5.64. The summed E-state index contributed by atoms with van der Waals surface area (Å²) in [6, 6.07) is 0. The van der Waals surface area contributed by atoms with Crippen molar-refractivity contribution >= 4 is 6.29 Å². The molecule has 1 saturated heterocycles. The molecular weight excluding hydrogens is 240 g/mol. The molecule has 0 aliphatic carbocycles. The van der Waals surface area contributed by atoms with E-state index in [0.717, 1.165) is 19.1 Å². The van der Waals surface area contributed by atoms with E-state index in [4.69, 9.17) is 9.47 Å². The molecule has 0 unspecified atom stereocenters. The Labute approximate surface area is 116 Å². The first kappa shape index (κ1) is 16.1. The molecule has 0 bridgehead atoms. The van der Waals surface area contributed by atoms with Gasteiger partial charge in [-0.15, -0.1) is 0 Å². The zero-order chi connectivity index (χ0) is 14.1. The molecule has 19 heavy (non-hydrogen) atoms. The van der Waals surface area contributed by atoms with Crippen LogP contribution in [-0.2, 0) is 14.3 Å². The monoisotopic (exact) mass is 266 g/mol. The van der Waals surface area contributed by atoms with E-state index in [9.17, 15) is 4.79 Å². The van der Waals surface area contributed by atoms with Crippen LogP contribution in [-0.4, -0.2) is 24.3 Å². The molecule has 2 atom stereocenters. The minimum Gasteiger partial charge on any atom is -0.344 e. The van der Waals surface area contributed by atoms with Crippen molar-refractivity contribution < 1.29 is 14.3 Å². The van der Waals surface area contributed by atoms with E-state index in [0.29, 0.717) is 0 Å². The number of allylic oxidation sites excluding steroid dienone is 2. The van der Waals surface area contributed by atoms with Gasteiger partial charge in [-0.05, 0) is 45.3 Å². The summed E-state index contributed by atoms with van der Waals surface area (Å²) in [5.74, 6) is -0.571. The van der Waals surface area contributed by atoms with E-state index in [-0.39, 0.29) is 12.2 Å². The van der Waals surface area contributed by atoms with Gasteiger partial charge in [-0.25, -0.2) is 0 Å². The Balaban J connectivity index is 2.41. The standard InChI is InChI=1S/C16H26O3/c1-4-5-6-7-8-9-11-14-15(12-10-13-17)19-16(2,3)18-14/h8-10,12-15H,4-7,11H2,1-3H3/b9-8-,12-10+/t14-,15+/m0/s1. The SMILES string of the molecule is CCCCC/C=C\C[C@@H]1OC(C)(C)O[C@@H]1/C=C/C=O. The van der Waals surface area contributed by atoms with Gasteiger partial charge in [0.25, 0.3) is 0 Å². The molecule has 0 saturated carbocycles. The third kappa shape index (κ3) is 6.17. The number of rotatable bonds is 8. The molecule has 3 nitrogen and oxygen atoms in total. The fourth-order valence-electron chi connectivity index (χ4n) is 2.22. The van der Waals surface area contributed by atoms with Crippen LogP contribution in [0.5, 0.6) is 0 Å². The molecule has 0 radical (unpaired) electrons. The van der Waals surface area contributed by atoms with Crippen molar-refractivity contribution in [1.82, 2.24) is 0 Å². The van der Waals surface area contributed by atoms with Crippen LogP contribution in [0.4, 0.5) is 0 Å². The molecule has 3 heteroatoms. The topological polar surface area (TPSA) is 35.5 Å². The fourth-order valence-corrected chi connectivity index (χ4v) is 2.22. The Hall–Kier alpha value is -0.930. The van der Waals surface area contributed by atoms with Gasteiger partial charge in [0, 0.05) is 0 Å². The van der Waals surface area contributed by atoms with Gasteiger partial charge in [0.2, 0.25) is 0 Å². The maximum Gasteiger partial charge on any atom is 0.164 e. The Bertz CT molecular complexity index is 318. The largest absolute Gasteiger partial charge is 0.344 e. The van der Waals surface area contributed by atoms with Crippen molar-refractivity contribution in [2.75, 3.05) is 0 Å². The second-order valence-electron chi connectivity index (χ2n) is 5.36. The number of carbonyl (C=O) groups excluding carboxylic acids is 1. The van der Waals surface area contributed by atoms with Crippen molar-refractivity contribution in [3.8, 4) is 0 Å². The lowest BCUT2D eigenvalue weighted by atomic mass is 10.1. The molecule has 0 amide bonds. The second-order valence-corrected chi connectivity index (χ2v) is 5.36. The van der Waals surface area contributed by atoms with Gasteiger partial charge in [0.15, 0.2) is 5.79 Å². The zero-order valence-electron chi connectivity index (χ0n) is 12.3. The van der Waals surface area contributed by atoms with Crippen molar-refractivity contribution in [2.24, 2.45) is 0 Å². The molecule has 1 heterocycles. The highest BCUT2D eigenvalue weighted by Crippen LogP contribution is 2.30. The minimum absolute atomic E-state index is 0.00590. The van der Waals surface area contributed by atoms with E-state index in [2.05, 4.69) is 19.1 Å². The Morgan fingerprint density at radius 3 is 2.63 bits per heavy atom. The van der Waals surface area contributed by atoms with Crippen molar-refractivity contribution in [3.05, 3.63) is 24.3 Å². The van der Waals surface area contributed by atoms with Gasteiger partial charge in [-0.1, -0.05) is 31.9 Å². The van der Waals surface area contributed by atoms with Gasteiger partial charge in [0.1, 0.15) is 12.4 Å². The van der Waals surface area contributed by atoms with Gasteiger partial charge in [0.05, 0.1) is 6.10 Å². The molecule has 1 fully saturated rings.